The van der Waals surface area contributed by atoms with Gasteiger partial charge in [-0.05, 0) is 43.4 Å². The highest BCUT2D eigenvalue weighted by molar-refractivity contribution is 6.01. The Hall–Kier alpha value is -2.23. The number of nitrogens with zero attached hydrogens (tertiary/aromatic N) is 3. The lowest BCUT2D eigenvalue weighted by molar-refractivity contribution is -0.133. The minimum atomic E-state index is -0.511. The molecule has 1 unspecified atom stereocenters. The van der Waals surface area contributed by atoms with Gasteiger partial charge in [0.15, 0.2) is 0 Å². The molecule has 3 heterocycles. The van der Waals surface area contributed by atoms with Gasteiger partial charge >= 0.3 is 0 Å². The first-order valence-corrected chi connectivity index (χ1v) is 10.8. The van der Waals surface area contributed by atoms with E-state index in [1.807, 2.05) is 5.01 Å². The van der Waals surface area contributed by atoms with Gasteiger partial charge in [0.2, 0.25) is 11.8 Å². The van der Waals surface area contributed by atoms with Gasteiger partial charge in [-0.3, -0.25) is 25.6 Å². The summed E-state index contributed by atoms with van der Waals surface area (Å²) in [6.45, 7) is 6.49. The van der Waals surface area contributed by atoms with Crippen molar-refractivity contribution in [3.8, 4) is 0 Å². The molecule has 30 heavy (non-hydrogen) atoms. The molecule has 9 heteroatoms. The third-order valence-electron chi connectivity index (χ3n) is 6.41. The van der Waals surface area contributed by atoms with Gasteiger partial charge in [0, 0.05) is 57.9 Å². The van der Waals surface area contributed by atoms with Crippen LogP contribution in [0.3, 0.4) is 0 Å². The lowest BCUT2D eigenvalue weighted by atomic mass is 9.97. The topological polar surface area (TPSA) is 93.9 Å². The normalized spacial score (nSPS) is 24.7. The van der Waals surface area contributed by atoms with E-state index in [9.17, 15) is 14.0 Å². The number of amides is 2. The summed E-state index contributed by atoms with van der Waals surface area (Å²) in [7, 11) is 0. The first-order chi connectivity index (χ1) is 14.5. The van der Waals surface area contributed by atoms with Crippen LogP contribution < -0.4 is 21.4 Å². The molecule has 1 aromatic rings. The molecular weight excluding hydrogens is 387 g/mol. The molecule has 3 fully saturated rings. The van der Waals surface area contributed by atoms with Crippen LogP contribution in [-0.4, -0.2) is 73.6 Å². The third-order valence-corrected chi connectivity index (χ3v) is 6.41. The average Bonchev–Trinajstić information content (AvgIpc) is 2.73. The number of halogens is 1. The lowest BCUT2D eigenvalue weighted by Gasteiger charge is -2.39. The molecule has 3 aliphatic rings. The van der Waals surface area contributed by atoms with E-state index in [0.717, 1.165) is 58.7 Å². The molecular formula is C21H31FN6O2. The van der Waals surface area contributed by atoms with Crippen LogP contribution in [0, 0.1) is 11.7 Å². The molecule has 164 valence electrons. The number of piperidine rings is 2. The van der Waals surface area contributed by atoms with Gasteiger partial charge in [-0.25, -0.2) is 9.40 Å². The number of hydrazine groups is 1. The van der Waals surface area contributed by atoms with Crippen molar-refractivity contribution in [2.24, 2.45) is 11.8 Å². The van der Waals surface area contributed by atoms with Crippen LogP contribution in [0.4, 0.5) is 15.8 Å². The zero-order valence-electron chi connectivity index (χ0n) is 17.3. The van der Waals surface area contributed by atoms with Gasteiger partial charge in [0.05, 0.1) is 5.69 Å². The Morgan fingerprint density at radius 2 is 1.80 bits per heavy atom. The molecule has 8 nitrogen and oxygen atoms in total. The van der Waals surface area contributed by atoms with Crippen LogP contribution in [0.15, 0.2) is 18.2 Å². The van der Waals surface area contributed by atoms with E-state index in [1.54, 1.807) is 12.1 Å². The first kappa shape index (κ1) is 21.0. The van der Waals surface area contributed by atoms with Crippen LogP contribution >= 0.6 is 0 Å². The minimum Gasteiger partial charge on any atom is -0.374 e. The van der Waals surface area contributed by atoms with E-state index in [4.69, 9.17) is 5.84 Å². The Kier molecular flexibility index (Phi) is 6.50. The Morgan fingerprint density at radius 1 is 1.07 bits per heavy atom. The minimum absolute atomic E-state index is 0.261. The maximum absolute atomic E-state index is 14.8. The third kappa shape index (κ3) is 5.08. The fourth-order valence-corrected chi connectivity index (χ4v) is 4.56. The smallest absolute Gasteiger partial charge is 0.249 e. The second-order valence-electron chi connectivity index (χ2n) is 8.58. The number of hydrogen-bond donors (Lipinski definition) is 3. The molecule has 3 saturated heterocycles. The molecule has 1 atom stereocenters. The van der Waals surface area contributed by atoms with Crippen molar-refractivity contribution in [2.75, 3.05) is 56.0 Å². The van der Waals surface area contributed by atoms with Gasteiger partial charge in [0.25, 0.3) is 0 Å². The summed E-state index contributed by atoms with van der Waals surface area (Å²) in [5.74, 6) is 5.63. The highest BCUT2D eigenvalue weighted by atomic mass is 19.1. The van der Waals surface area contributed by atoms with Crippen molar-refractivity contribution in [2.45, 2.75) is 31.7 Å². The molecule has 2 amide bonds. The van der Waals surface area contributed by atoms with Gasteiger partial charge in [-0.2, -0.15) is 0 Å². The number of nitrogens with two attached hydrogens (primary N) is 1. The fourth-order valence-electron chi connectivity index (χ4n) is 4.56. The summed E-state index contributed by atoms with van der Waals surface area (Å²) in [6.07, 6.45) is 3.00. The zero-order valence-corrected chi connectivity index (χ0v) is 17.3. The molecule has 4 rings (SSSR count). The number of imide groups is 1. The van der Waals surface area contributed by atoms with Gasteiger partial charge in [-0.15, -0.1) is 0 Å². The molecule has 0 bridgehead atoms. The maximum atomic E-state index is 14.8. The fraction of sp³-hybridized carbons (Fsp3) is 0.619. The maximum Gasteiger partial charge on any atom is 0.249 e. The largest absolute Gasteiger partial charge is 0.374 e. The van der Waals surface area contributed by atoms with E-state index in [-0.39, 0.29) is 17.6 Å². The van der Waals surface area contributed by atoms with Crippen molar-refractivity contribution in [3.63, 3.8) is 0 Å². The number of anilines is 2. The summed E-state index contributed by atoms with van der Waals surface area (Å²) >= 11 is 0. The van der Waals surface area contributed by atoms with Crippen LogP contribution in [0.5, 0.6) is 0 Å². The standard InChI is InChI=1S/C21H31FN6O2/c22-17-13-16(24-18-2-4-20(29)25-21(18)30)1-3-19(17)27-11-9-26(10-12-27)14-15-5-7-28(23)8-6-15/h1,3,13,15,18,24H,2,4-12,14,23H2,(H,25,29,30). The highest BCUT2D eigenvalue weighted by Gasteiger charge is 2.27. The summed E-state index contributed by atoms with van der Waals surface area (Å²) in [4.78, 5) is 27.7. The molecule has 4 N–H and O–H groups in total. The number of nitrogens with one attached hydrogen (secondary N) is 2. The van der Waals surface area contributed by atoms with Gasteiger partial charge in [0.1, 0.15) is 11.9 Å². The second-order valence-corrected chi connectivity index (χ2v) is 8.58. The summed E-state index contributed by atoms with van der Waals surface area (Å²) in [5, 5.41) is 7.24. The summed E-state index contributed by atoms with van der Waals surface area (Å²) < 4.78 is 14.8. The van der Waals surface area contributed by atoms with Crippen LogP contribution in [0.1, 0.15) is 25.7 Å². The lowest BCUT2D eigenvalue weighted by Crippen LogP contribution is -2.49. The van der Waals surface area contributed by atoms with Crippen molar-refractivity contribution >= 4 is 23.2 Å². The second kappa shape index (κ2) is 9.28. The van der Waals surface area contributed by atoms with Crippen LogP contribution in [-0.2, 0) is 9.59 Å². The number of hydrogen-bond acceptors (Lipinski definition) is 7. The van der Waals surface area contributed by atoms with Crippen molar-refractivity contribution in [3.05, 3.63) is 24.0 Å². The van der Waals surface area contributed by atoms with E-state index in [1.165, 1.54) is 6.07 Å². The molecule has 0 saturated carbocycles. The predicted octanol–water partition coefficient (Wildman–Crippen LogP) is 0.751. The van der Waals surface area contributed by atoms with Crippen LogP contribution in [0.25, 0.3) is 0 Å². The Morgan fingerprint density at radius 3 is 2.47 bits per heavy atom. The van der Waals surface area contributed by atoms with Crippen molar-refractivity contribution in [1.82, 2.24) is 15.2 Å². The molecule has 0 aromatic heterocycles. The number of benzene rings is 1. The number of rotatable bonds is 5. The SMILES string of the molecule is NN1CCC(CN2CCN(c3ccc(NC4CCC(=O)NC4=O)cc3F)CC2)CC1. The zero-order chi connectivity index (χ0) is 21.1. The Bertz CT molecular complexity index is 775. The van der Waals surface area contributed by atoms with Gasteiger partial charge < -0.3 is 10.2 Å². The Balaban J connectivity index is 1.29. The Labute approximate surface area is 176 Å². The number of piperazine rings is 1. The monoisotopic (exact) mass is 418 g/mol. The quantitative estimate of drug-likeness (QED) is 0.480. The van der Waals surface area contributed by atoms with Gasteiger partial charge in [-0.1, -0.05) is 0 Å². The van der Waals surface area contributed by atoms with E-state index >= 15 is 0 Å². The van der Waals surface area contributed by atoms with E-state index in [2.05, 4.69) is 20.4 Å². The van der Waals surface area contributed by atoms with Crippen molar-refractivity contribution < 1.29 is 14.0 Å². The number of carbonyl (C=O) groups is 2. The molecule has 3 aliphatic heterocycles. The van der Waals surface area contributed by atoms with Crippen molar-refractivity contribution in [1.29, 1.82) is 0 Å². The molecule has 0 aliphatic carbocycles. The molecule has 1 aromatic carbocycles. The average molecular weight is 419 g/mol. The molecule has 0 spiro atoms. The van der Waals surface area contributed by atoms with E-state index in [0.29, 0.717) is 30.1 Å². The first-order valence-electron chi connectivity index (χ1n) is 10.8. The van der Waals surface area contributed by atoms with Crippen LogP contribution in [0.2, 0.25) is 0 Å². The van der Waals surface area contributed by atoms with E-state index < -0.39 is 6.04 Å². The highest BCUT2D eigenvalue weighted by Crippen LogP contribution is 2.26. The predicted molar refractivity (Wildman–Crippen MR) is 113 cm³/mol. The summed E-state index contributed by atoms with van der Waals surface area (Å²) in [5.41, 5.74) is 1.15. The summed E-state index contributed by atoms with van der Waals surface area (Å²) in [6, 6.07) is 4.50. The number of carbonyl (C=O) groups excluding carboxylic acids is 2. The molecule has 0 radical (unpaired) electrons.